The number of carbonyl (C=O) groups is 1. The number of pyridine rings is 1. The van der Waals surface area contributed by atoms with E-state index in [9.17, 15) is 9.18 Å². The van der Waals surface area contributed by atoms with E-state index in [2.05, 4.69) is 4.98 Å². The van der Waals surface area contributed by atoms with Gasteiger partial charge in [0.15, 0.2) is 0 Å². The van der Waals surface area contributed by atoms with Crippen molar-refractivity contribution < 1.29 is 9.18 Å². The van der Waals surface area contributed by atoms with Gasteiger partial charge in [-0.3, -0.25) is 4.79 Å². The number of primary amides is 1. The average molecular weight is 201 g/mol. The number of hydrogen-bond donors (Lipinski definition) is 1. The lowest BCUT2D eigenvalue weighted by Crippen LogP contribution is -2.05. The third kappa shape index (κ3) is 2.83. The molecule has 1 amide bonds. The largest absolute Gasteiger partial charge is 0.366 e. The standard InChI is InChI=1S/C8H6ClFN2O/c9-6-3-5(1-2-7(11)13)4-12-8(6)10/h1-4H,(H2,11,13). The van der Waals surface area contributed by atoms with Gasteiger partial charge in [-0.2, -0.15) is 4.39 Å². The molecule has 2 N–H and O–H groups in total. The molecule has 1 aromatic heterocycles. The first kappa shape index (κ1) is 9.67. The Morgan fingerprint density at radius 3 is 2.92 bits per heavy atom. The highest BCUT2D eigenvalue weighted by Gasteiger charge is 1.99. The molecule has 0 aliphatic carbocycles. The molecule has 0 bridgehead atoms. The van der Waals surface area contributed by atoms with Crippen molar-refractivity contribution in [2.24, 2.45) is 5.73 Å². The molecule has 5 heteroatoms. The van der Waals surface area contributed by atoms with Gasteiger partial charge in [0.05, 0.1) is 5.02 Å². The molecule has 0 atom stereocenters. The molecule has 0 aromatic carbocycles. The lowest BCUT2D eigenvalue weighted by molar-refractivity contribution is -0.113. The van der Waals surface area contributed by atoms with Crippen LogP contribution in [0, 0.1) is 5.95 Å². The maximum Gasteiger partial charge on any atom is 0.241 e. The van der Waals surface area contributed by atoms with E-state index in [1.165, 1.54) is 18.3 Å². The molecule has 0 saturated carbocycles. The van der Waals surface area contributed by atoms with Crippen molar-refractivity contribution in [3.8, 4) is 0 Å². The van der Waals surface area contributed by atoms with Crippen LogP contribution in [0.3, 0.4) is 0 Å². The fourth-order valence-electron chi connectivity index (χ4n) is 0.706. The molecule has 0 aliphatic heterocycles. The number of rotatable bonds is 2. The summed E-state index contributed by atoms with van der Waals surface area (Å²) in [4.78, 5) is 13.7. The Balaban J connectivity index is 2.92. The molecule has 1 heterocycles. The first-order valence-corrected chi connectivity index (χ1v) is 3.76. The molecule has 0 unspecified atom stereocenters. The highest BCUT2D eigenvalue weighted by molar-refractivity contribution is 6.30. The number of nitrogens with zero attached hydrogens (tertiary/aromatic N) is 1. The Morgan fingerprint density at radius 1 is 1.69 bits per heavy atom. The summed E-state index contributed by atoms with van der Waals surface area (Å²) in [5.74, 6) is -1.32. The van der Waals surface area contributed by atoms with Crippen LogP contribution in [0.25, 0.3) is 6.08 Å². The van der Waals surface area contributed by atoms with Crippen LogP contribution in [-0.4, -0.2) is 10.9 Å². The number of hydrogen-bond acceptors (Lipinski definition) is 2. The molecule has 68 valence electrons. The van der Waals surface area contributed by atoms with E-state index < -0.39 is 11.9 Å². The summed E-state index contributed by atoms with van der Waals surface area (Å²) < 4.78 is 12.5. The molecule has 0 saturated heterocycles. The minimum atomic E-state index is -0.738. The summed E-state index contributed by atoms with van der Waals surface area (Å²) in [6.07, 6.45) is 3.80. The molecule has 0 spiro atoms. The number of carbonyl (C=O) groups excluding carboxylic acids is 1. The van der Waals surface area contributed by atoms with Gasteiger partial charge in [0.25, 0.3) is 0 Å². The lowest BCUT2D eigenvalue weighted by atomic mass is 10.2. The van der Waals surface area contributed by atoms with Crippen LogP contribution >= 0.6 is 11.6 Å². The molecule has 3 nitrogen and oxygen atoms in total. The molecule has 0 aliphatic rings. The second-order valence-corrected chi connectivity index (χ2v) is 2.68. The predicted molar refractivity (Wildman–Crippen MR) is 47.4 cm³/mol. The van der Waals surface area contributed by atoms with Crippen LogP contribution in [0.5, 0.6) is 0 Å². The SMILES string of the molecule is NC(=O)C=Cc1cnc(F)c(Cl)c1. The van der Waals surface area contributed by atoms with E-state index in [0.29, 0.717) is 5.56 Å². The molecule has 1 rings (SSSR count). The zero-order valence-corrected chi connectivity index (χ0v) is 7.25. The summed E-state index contributed by atoms with van der Waals surface area (Å²) in [6.45, 7) is 0. The van der Waals surface area contributed by atoms with Crippen molar-refractivity contribution in [1.82, 2.24) is 4.98 Å². The van der Waals surface area contributed by atoms with Gasteiger partial charge in [0.2, 0.25) is 11.9 Å². The van der Waals surface area contributed by atoms with E-state index in [1.807, 2.05) is 0 Å². The normalized spacial score (nSPS) is 10.6. The minimum Gasteiger partial charge on any atom is -0.366 e. The van der Waals surface area contributed by atoms with E-state index >= 15 is 0 Å². The summed E-state index contributed by atoms with van der Waals surface area (Å²) in [7, 11) is 0. The van der Waals surface area contributed by atoms with Gasteiger partial charge in [-0.15, -0.1) is 0 Å². The monoisotopic (exact) mass is 200 g/mol. The third-order valence-corrected chi connectivity index (χ3v) is 1.52. The van der Waals surface area contributed by atoms with Gasteiger partial charge in [-0.25, -0.2) is 4.98 Å². The highest BCUT2D eigenvalue weighted by Crippen LogP contribution is 2.13. The van der Waals surface area contributed by atoms with Gasteiger partial charge >= 0.3 is 0 Å². The Hall–Kier alpha value is -1.42. The van der Waals surface area contributed by atoms with Crippen LogP contribution in [0.15, 0.2) is 18.3 Å². The van der Waals surface area contributed by atoms with Gasteiger partial charge in [-0.05, 0) is 17.7 Å². The lowest BCUT2D eigenvalue weighted by Gasteiger charge is -1.94. The van der Waals surface area contributed by atoms with E-state index in [0.717, 1.165) is 6.08 Å². The van der Waals surface area contributed by atoms with Gasteiger partial charge in [0.1, 0.15) is 0 Å². The smallest absolute Gasteiger partial charge is 0.241 e. The van der Waals surface area contributed by atoms with Gasteiger partial charge < -0.3 is 5.73 Å². The first-order valence-electron chi connectivity index (χ1n) is 3.38. The van der Waals surface area contributed by atoms with Crippen molar-refractivity contribution >= 4 is 23.6 Å². The minimum absolute atomic E-state index is 0.0911. The number of amides is 1. The molecule has 0 radical (unpaired) electrons. The van der Waals surface area contributed by atoms with Crippen LogP contribution in [-0.2, 0) is 4.79 Å². The highest BCUT2D eigenvalue weighted by atomic mass is 35.5. The van der Waals surface area contributed by atoms with Crippen LogP contribution in [0.4, 0.5) is 4.39 Å². The van der Waals surface area contributed by atoms with Crippen LogP contribution < -0.4 is 5.73 Å². The van der Waals surface area contributed by atoms with E-state index in [1.54, 1.807) is 0 Å². The second kappa shape index (κ2) is 4.00. The Kier molecular flexibility index (Phi) is 2.97. The van der Waals surface area contributed by atoms with E-state index in [-0.39, 0.29) is 5.02 Å². The third-order valence-electron chi connectivity index (χ3n) is 1.26. The Labute approximate surface area is 79.0 Å². The average Bonchev–Trinajstić information content (AvgIpc) is 2.07. The van der Waals surface area contributed by atoms with Gasteiger partial charge in [-0.1, -0.05) is 11.6 Å². The summed E-state index contributed by atoms with van der Waals surface area (Å²) >= 11 is 5.44. The topological polar surface area (TPSA) is 56.0 Å². The summed E-state index contributed by atoms with van der Waals surface area (Å²) in [5.41, 5.74) is 5.37. The fourth-order valence-corrected chi connectivity index (χ4v) is 0.880. The zero-order chi connectivity index (χ0) is 9.84. The second-order valence-electron chi connectivity index (χ2n) is 2.28. The maximum atomic E-state index is 12.5. The summed E-state index contributed by atoms with van der Waals surface area (Å²) in [5, 5.41) is -0.0911. The van der Waals surface area contributed by atoms with Crippen LogP contribution in [0.1, 0.15) is 5.56 Å². The quantitative estimate of drug-likeness (QED) is 0.579. The fraction of sp³-hybridized carbons (Fsp3) is 0. The molecule has 0 fully saturated rings. The first-order chi connectivity index (χ1) is 6.09. The number of aromatic nitrogens is 1. The van der Waals surface area contributed by atoms with Gasteiger partial charge in [0, 0.05) is 12.3 Å². The Morgan fingerprint density at radius 2 is 2.38 bits per heavy atom. The molecular formula is C8H6ClFN2O. The molecular weight excluding hydrogens is 195 g/mol. The number of halogens is 2. The number of nitrogens with two attached hydrogens (primary N) is 1. The van der Waals surface area contributed by atoms with Crippen molar-refractivity contribution in [2.45, 2.75) is 0 Å². The van der Waals surface area contributed by atoms with E-state index in [4.69, 9.17) is 17.3 Å². The maximum absolute atomic E-state index is 12.5. The predicted octanol–water partition coefficient (Wildman–Crippen LogP) is 1.37. The molecule has 13 heavy (non-hydrogen) atoms. The summed E-state index contributed by atoms with van der Waals surface area (Å²) in [6, 6.07) is 1.35. The Bertz CT molecular complexity index is 365. The van der Waals surface area contributed by atoms with Crippen molar-refractivity contribution in [2.75, 3.05) is 0 Å². The molecule has 1 aromatic rings. The van der Waals surface area contributed by atoms with Crippen molar-refractivity contribution in [3.05, 3.63) is 34.9 Å². The zero-order valence-electron chi connectivity index (χ0n) is 6.50. The van der Waals surface area contributed by atoms with Crippen molar-refractivity contribution in [1.29, 1.82) is 0 Å². The van der Waals surface area contributed by atoms with Crippen molar-refractivity contribution in [3.63, 3.8) is 0 Å². The van der Waals surface area contributed by atoms with Crippen LogP contribution in [0.2, 0.25) is 5.02 Å².